The molecule has 1 N–H and O–H groups in total. The van der Waals surface area contributed by atoms with E-state index in [-0.39, 0.29) is 0 Å². The van der Waals surface area contributed by atoms with Crippen LogP contribution in [0.25, 0.3) is 33.3 Å². The summed E-state index contributed by atoms with van der Waals surface area (Å²) in [5.41, 5.74) is 5.84. The minimum Gasteiger partial charge on any atom is -0.386 e. The Morgan fingerprint density at radius 3 is 2.29 bits per heavy atom. The normalized spacial score (nSPS) is 14.9. The minimum atomic E-state index is -0.887. The third kappa shape index (κ3) is 4.36. The number of rotatable bonds is 5. The third-order valence-corrected chi connectivity index (χ3v) is 7.18. The topological polar surface area (TPSA) is 61.8 Å². The molecular formula is C30H31N3O. The summed E-state index contributed by atoms with van der Waals surface area (Å²) >= 11 is 0. The number of hydrogen-bond acceptors (Lipinski definition) is 3. The molecule has 0 unspecified atom stereocenters. The summed E-state index contributed by atoms with van der Waals surface area (Å²) in [4.78, 5) is 4.97. The third-order valence-electron chi connectivity index (χ3n) is 7.18. The number of aliphatic hydroxyl groups is 1. The van der Waals surface area contributed by atoms with Crippen molar-refractivity contribution in [2.75, 3.05) is 0 Å². The standard InChI is InChI=1S/C30H31N3O/c1-30(2,34)25-14-12-24(13-15-25)29-28(23-10-8-21(18-31)9-11-23)26-16-17-33(27(26)19-32-29)20-22-6-4-3-5-7-22/h8-17,19,22,34H,3-7,20H2,1-2H3. The SMILES string of the molecule is CC(C)(O)c1ccc(-c2ncc3c(ccn3CC3CCCCC3)c2-c2ccc(C#N)cc2)cc1. The molecule has 0 spiro atoms. The molecule has 172 valence electrons. The van der Waals surface area contributed by atoms with Crippen LogP contribution in [0.15, 0.2) is 67.0 Å². The summed E-state index contributed by atoms with van der Waals surface area (Å²) in [6.45, 7) is 4.63. The van der Waals surface area contributed by atoms with Gasteiger partial charge in [0.1, 0.15) is 0 Å². The van der Waals surface area contributed by atoms with Gasteiger partial charge in [0.2, 0.25) is 0 Å². The molecule has 2 aromatic heterocycles. The van der Waals surface area contributed by atoms with Gasteiger partial charge in [-0.25, -0.2) is 0 Å². The molecule has 4 aromatic rings. The van der Waals surface area contributed by atoms with Gasteiger partial charge in [-0.15, -0.1) is 0 Å². The van der Waals surface area contributed by atoms with E-state index in [0.29, 0.717) is 5.56 Å². The van der Waals surface area contributed by atoms with Crippen LogP contribution in [-0.2, 0) is 12.1 Å². The van der Waals surface area contributed by atoms with Crippen molar-refractivity contribution < 1.29 is 5.11 Å². The molecule has 1 saturated carbocycles. The molecular weight excluding hydrogens is 418 g/mol. The van der Waals surface area contributed by atoms with Gasteiger partial charge in [-0.2, -0.15) is 5.26 Å². The highest BCUT2D eigenvalue weighted by molar-refractivity contribution is 6.01. The molecule has 0 amide bonds. The lowest BCUT2D eigenvalue weighted by Crippen LogP contribution is -2.15. The second kappa shape index (κ2) is 9.08. The van der Waals surface area contributed by atoms with Crippen LogP contribution in [0.2, 0.25) is 0 Å². The molecule has 2 aromatic carbocycles. The van der Waals surface area contributed by atoms with Crippen LogP contribution in [0, 0.1) is 17.2 Å². The van der Waals surface area contributed by atoms with Crippen LogP contribution >= 0.6 is 0 Å². The summed E-state index contributed by atoms with van der Waals surface area (Å²) in [7, 11) is 0. The maximum Gasteiger partial charge on any atom is 0.0991 e. The van der Waals surface area contributed by atoms with Crippen LogP contribution in [0.1, 0.15) is 57.1 Å². The minimum absolute atomic E-state index is 0.648. The van der Waals surface area contributed by atoms with E-state index in [1.54, 1.807) is 13.8 Å². The fourth-order valence-electron chi connectivity index (χ4n) is 5.22. The van der Waals surface area contributed by atoms with Crippen molar-refractivity contribution in [1.29, 1.82) is 5.26 Å². The van der Waals surface area contributed by atoms with Crippen LogP contribution < -0.4 is 0 Å². The number of fused-ring (bicyclic) bond motifs is 1. The predicted molar refractivity (Wildman–Crippen MR) is 137 cm³/mol. The van der Waals surface area contributed by atoms with E-state index in [1.165, 1.54) is 37.5 Å². The van der Waals surface area contributed by atoms with Crippen molar-refractivity contribution in [3.8, 4) is 28.5 Å². The van der Waals surface area contributed by atoms with Crippen molar-refractivity contribution >= 4 is 10.9 Å². The molecule has 0 saturated heterocycles. The van der Waals surface area contributed by atoms with E-state index in [4.69, 9.17) is 4.98 Å². The molecule has 0 radical (unpaired) electrons. The maximum absolute atomic E-state index is 10.4. The molecule has 34 heavy (non-hydrogen) atoms. The molecule has 0 bridgehead atoms. The van der Waals surface area contributed by atoms with Gasteiger partial charge in [-0.3, -0.25) is 4.98 Å². The van der Waals surface area contributed by atoms with Gasteiger partial charge in [0, 0.05) is 29.3 Å². The zero-order valence-electron chi connectivity index (χ0n) is 20.0. The van der Waals surface area contributed by atoms with Crippen molar-refractivity contribution in [2.45, 2.75) is 58.1 Å². The van der Waals surface area contributed by atoms with Gasteiger partial charge in [-0.05, 0) is 61.9 Å². The number of pyridine rings is 1. The average molecular weight is 450 g/mol. The first-order valence-corrected chi connectivity index (χ1v) is 12.3. The van der Waals surface area contributed by atoms with Crippen LogP contribution in [0.5, 0.6) is 0 Å². The zero-order valence-corrected chi connectivity index (χ0v) is 20.0. The van der Waals surface area contributed by atoms with E-state index >= 15 is 0 Å². The maximum atomic E-state index is 10.4. The fraction of sp³-hybridized carbons (Fsp3) is 0.333. The van der Waals surface area contributed by atoms with Gasteiger partial charge in [0.25, 0.3) is 0 Å². The molecule has 1 aliphatic rings. The summed E-state index contributed by atoms with van der Waals surface area (Å²) in [5, 5.41) is 20.8. The van der Waals surface area contributed by atoms with Crippen LogP contribution in [0.4, 0.5) is 0 Å². The van der Waals surface area contributed by atoms with Gasteiger partial charge in [0.15, 0.2) is 0 Å². The highest BCUT2D eigenvalue weighted by Gasteiger charge is 2.20. The van der Waals surface area contributed by atoms with Gasteiger partial charge in [-0.1, -0.05) is 55.7 Å². The lowest BCUT2D eigenvalue weighted by atomic mass is 9.89. The Kier molecular flexibility index (Phi) is 5.98. The largest absolute Gasteiger partial charge is 0.386 e. The monoisotopic (exact) mass is 449 g/mol. The Hall–Kier alpha value is -3.42. The molecule has 4 heteroatoms. The number of hydrogen-bond donors (Lipinski definition) is 1. The van der Waals surface area contributed by atoms with Crippen LogP contribution in [-0.4, -0.2) is 14.7 Å². The van der Waals surface area contributed by atoms with Gasteiger partial charge >= 0.3 is 0 Å². The Morgan fingerprint density at radius 1 is 0.971 bits per heavy atom. The molecule has 1 aliphatic carbocycles. The Bertz CT molecular complexity index is 1330. The highest BCUT2D eigenvalue weighted by atomic mass is 16.3. The molecule has 4 nitrogen and oxygen atoms in total. The first-order valence-electron chi connectivity index (χ1n) is 12.3. The highest BCUT2D eigenvalue weighted by Crippen LogP contribution is 2.38. The molecule has 1 fully saturated rings. The second-order valence-corrected chi connectivity index (χ2v) is 10.1. The molecule has 5 rings (SSSR count). The Morgan fingerprint density at radius 2 is 1.65 bits per heavy atom. The summed E-state index contributed by atoms with van der Waals surface area (Å²) in [6.07, 6.45) is 10.9. The lowest BCUT2D eigenvalue weighted by molar-refractivity contribution is 0.0786. The predicted octanol–water partition coefficient (Wildman–Crippen LogP) is 7.05. The van der Waals surface area contributed by atoms with Crippen LogP contribution in [0.3, 0.4) is 0 Å². The van der Waals surface area contributed by atoms with Crippen molar-refractivity contribution in [2.24, 2.45) is 5.92 Å². The van der Waals surface area contributed by atoms with E-state index in [1.807, 2.05) is 54.7 Å². The summed E-state index contributed by atoms with van der Waals surface area (Å²) in [6, 6.07) is 20.2. The number of nitrogens with zero attached hydrogens (tertiary/aromatic N) is 3. The molecule has 0 atom stereocenters. The van der Waals surface area contributed by atoms with Crippen molar-refractivity contribution in [3.63, 3.8) is 0 Å². The zero-order chi connectivity index (χ0) is 23.7. The van der Waals surface area contributed by atoms with E-state index in [9.17, 15) is 10.4 Å². The van der Waals surface area contributed by atoms with E-state index in [0.717, 1.165) is 45.9 Å². The summed E-state index contributed by atoms with van der Waals surface area (Å²) in [5.74, 6) is 0.733. The second-order valence-electron chi connectivity index (χ2n) is 10.1. The van der Waals surface area contributed by atoms with Crippen molar-refractivity contribution in [1.82, 2.24) is 9.55 Å². The fourth-order valence-corrected chi connectivity index (χ4v) is 5.22. The first-order chi connectivity index (χ1) is 16.4. The van der Waals surface area contributed by atoms with Gasteiger partial charge in [0.05, 0.1) is 34.6 Å². The Labute approximate surface area is 201 Å². The van der Waals surface area contributed by atoms with Crippen molar-refractivity contribution in [3.05, 3.63) is 78.1 Å². The van der Waals surface area contributed by atoms with E-state index < -0.39 is 5.60 Å². The summed E-state index contributed by atoms with van der Waals surface area (Å²) < 4.78 is 2.37. The average Bonchev–Trinajstić information content (AvgIpc) is 3.26. The molecule has 2 heterocycles. The quantitative estimate of drug-likeness (QED) is 0.355. The Balaban J connectivity index is 1.63. The van der Waals surface area contributed by atoms with E-state index in [2.05, 4.69) is 22.9 Å². The molecule has 0 aliphatic heterocycles. The first kappa shape index (κ1) is 22.4. The number of benzene rings is 2. The smallest absolute Gasteiger partial charge is 0.0991 e. The number of aromatic nitrogens is 2. The van der Waals surface area contributed by atoms with Gasteiger partial charge < -0.3 is 9.67 Å². The lowest BCUT2D eigenvalue weighted by Gasteiger charge is -2.22. The number of nitriles is 1.